The second kappa shape index (κ2) is 3.14. The Morgan fingerprint density at radius 1 is 1.40 bits per heavy atom. The molecule has 0 aromatic heterocycles. The van der Waals surface area contributed by atoms with Crippen molar-refractivity contribution >= 4 is 11.8 Å². The van der Waals surface area contributed by atoms with Gasteiger partial charge in [-0.25, -0.2) is 0 Å². The molecule has 2 atom stereocenters. The predicted molar refractivity (Wildman–Crippen MR) is 46.5 cm³/mol. The van der Waals surface area contributed by atoms with Crippen LogP contribution in [-0.4, -0.2) is 24.1 Å². The molecule has 0 amide bonds. The number of hydrogen-bond acceptors (Lipinski definition) is 2. The van der Waals surface area contributed by atoms with Gasteiger partial charge in [-0.1, -0.05) is 0 Å². The third kappa shape index (κ3) is 1.48. The molecule has 0 aliphatic carbocycles. The molecule has 0 aromatic rings. The zero-order valence-corrected chi connectivity index (χ0v) is 7.12. The zero-order chi connectivity index (χ0) is 6.81. The van der Waals surface area contributed by atoms with Crippen molar-refractivity contribution in [2.24, 2.45) is 5.92 Å². The highest BCUT2D eigenvalue weighted by atomic mass is 32.2. The molecule has 2 rings (SSSR count). The molecule has 2 saturated heterocycles. The Labute approximate surface area is 67.0 Å². The van der Waals surface area contributed by atoms with Gasteiger partial charge in [0.25, 0.3) is 0 Å². The lowest BCUT2D eigenvalue weighted by molar-refractivity contribution is 0.451. The summed E-state index contributed by atoms with van der Waals surface area (Å²) < 4.78 is 0. The summed E-state index contributed by atoms with van der Waals surface area (Å²) in [5.41, 5.74) is 0. The SMILES string of the molecule is C1CNCC2CSC(C1)C2. The first-order valence-corrected chi connectivity index (χ1v) is 5.32. The van der Waals surface area contributed by atoms with Crippen LogP contribution in [0.5, 0.6) is 0 Å². The van der Waals surface area contributed by atoms with Crippen LogP contribution in [-0.2, 0) is 0 Å². The van der Waals surface area contributed by atoms with Gasteiger partial charge in [0.05, 0.1) is 0 Å². The molecule has 0 saturated carbocycles. The Morgan fingerprint density at radius 3 is 3.40 bits per heavy atom. The second-order valence-electron chi connectivity index (χ2n) is 3.40. The molecule has 2 heteroatoms. The van der Waals surface area contributed by atoms with Gasteiger partial charge in [0.1, 0.15) is 0 Å². The molecule has 10 heavy (non-hydrogen) atoms. The normalized spacial score (nSPS) is 40.8. The summed E-state index contributed by atoms with van der Waals surface area (Å²) in [7, 11) is 0. The van der Waals surface area contributed by atoms with Crippen molar-refractivity contribution in [1.82, 2.24) is 5.32 Å². The van der Waals surface area contributed by atoms with Crippen LogP contribution in [0.2, 0.25) is 0 Å². The van der Waals surface area contributed by atoms with Crippen molar-refractivity contribution in [1.29, 1.82) is 0 Å². The van der Waals surface area contributed by atoms with Gasteiger partial charge < -0.3 is 5.32 Å². The standard InChI is InChI=1S/C8H15NS/c1-2-8-4-7(6-10-8)5-9-3-1/h7-9H,1-6H2. The maximum absolute atomic E-state index is 3.50. The van der Waals surface area contributed by atoms with Crippen molar-refractivity contribution in [3.8, 4) is 0 Å². The van der Waals surface area contributed by atoms with E-state index in [2.05, 4.69) is 17.1 Å². The van der Waals surface area contributed by atoms with Crippen LogP contribution in [0.15, 0.2) is 0 Å². The molecule has 2 heterocycles. The average Bonchev–Trinajstić information content (AvgIpc) is 2.30. The molecule has 2 fully saturated rings. The van der Waals surface area contributed by atoms with Crippen molar-refractivity contribution in [2.45, 2.75) is 24.5 Å². The monoisotopic (exact) mass is 157 g/mol. The van der Waals surface area contributed by atoms with Crippen LogP contribution >= 0.6 is 11.8 Å². The van der Waals surface area contributed by atoms with E-state index >= 15 is 0 Å². The maximum Gasteiger partial charge on any atom is 0.00510 e. The average molecular weight is 157 g/mol. The highest BCUT2D eigenvalue weighted by Gasteiger charge is 2.25. The van der Waals surface area contributed by atoms with E-state index in [1.807, 2.05) is 0 Å². The van der Waals surface area contributed by atoms with Gasteiger partial charge in [-0.2, -0.15) is 11.8 Å². The summed E-state index contributed by atoms with van der Waals surface area (Å²) in [5, 5.41) is 4.52. The van der Waals surface area contributed by atoms with Gasteiger partial charge in [0, 0.05) is 5.25 Å². The Morgan fingerprint density at radius 2 is 2.40 bits per heavy atom. The van der Waals surface area contributed by atoms with Gasteiger partial charge in [0.2, 0.25) is 0 Å². The largest absolute Gasteiger partial charge is 0.316 e. The molecule has 1 N–H and O–H groups in total. The van der Waals surface area contributed by atoms with Crippen molar-refractivity contribution in [2.75, 3.05) is 18.8 Å². The number of rotatable bonds is 0. The minimum Gasteiger partial charge on any atom is -0.316 e. The van der Waals surface area contributed by atoms with Crippen LogP contribution in [0, 0.1) is 5.92 Å². The highest BCUT2D eigenvalue weighted by molar-refractivity contribution is 8.00. The van der Waals surface area contributed by atoms with Crippen LogP contribution in [0.3, 0.4) is 0 Å². The third-order valence-corrected chi connectivity index (χ3v) is 4.04. The summed E-state index contributed by atoms with van der Waals surface area (Å²) in [5.74, 6) is 2.41. The first kappa shape index (κ1) is 6.99. The van der Waals surface area contributed by atoms with Gasteiger partial charge in [-0.3, -0.25) is 0 Å². The van der Waals surface area contributed by atoms with Crippen molar-refractivity contribution < 1.29 is 0 Å². The van der Waals surface area contributed by atoms with Gasteiger partial charge in [-0.15, -0.1) is 0 Å². The van der Waals surface area contributed by atoms with E-state index in [0.29, 0.717) is 0 Å². The van der Waals surface area contributed by atoms with E-state index < -0.39 is 0 Å². The second-order valence-corrected chi connectivity index (χ2v) is 4.74. The molecule has 2 bridgehead atoms. The van der Waals surface area contributed by atoms with E-state index in [1.165, 1.54) is 38.1 Å². The maximum atomic E-state index is 3.50. The Kier molecular flexibility index (Phi) is 2.19. The van der Waals surface area contributed by atoms with E-state index in [-0.39, 0.29) is 0 Å². The predicted octanol–water partition coefficient (Wildman–Crippen LogP) is 1.49. The lowest BCUT2D eigenvalue weighted by Crippen LogP contribution is -2.26. The van der Waals surface area contributed by atoms with Crippen molar-refractivity contribution in [3.05, 3.63) is 0 Å². The summed E-state index contributed by atoms with van der Waals surface area (Å²) in [6.07, 6.45) is 4.33. The van der Waals surface area contributed by atoms with Crippen LogP contribution < -0.4 is 5.32 Å². The molecule has 2 aliphatic heterocycles. The van der Waals surface area contributed by atoms with Gasteiger partial charge >= 0.3 is 0 Å². The summed E-state index contributed by atoms with van der Waals surface area (Å²) in [6, 6.07) is 0. The Balaban J connectivity index is 1.91. The molecule has 58 valence electrons. The number of hydrogen-bond donors (Lipinski definition) is 1. The van der Waals surface area contributed by atoms with E-state index in [9.17, 15) is 0 Å². The van der Waals surface area contributed by atoms with E-state index in [0.717, 1.165) is 11.2 Å². The smallest absolute Gasteiger partial charge is 0.00510 e. The van der Waals surface area contributed by atoms with E-state index in [1.54, 1.807) is 0 Å². The molecule has 2 unspecified atom stereocenters. The highest BCUT2D eigenvalue weighted by Crippen LogP contribution is 2.34. The molecule has 1 nitrogen and oxygen atoms in total. The number of thioether (sulfide) groups is 1. The summed E-state index contributed by atoms with van der Waals surface area (Å²) >= 11 is 2.20. The van der Waals surface area contributed by atoms with Gasteiger partial charge in [0.15, 0.2) is 0 Å². The minimum atomic E-state index is 0.996. The first-order valence-electron chi connectivity index (χ1n) is 4.27. The van der Waals surface area contributed by atoms with Crippen molar-refractivity contribution in [3.63, 3.8) is 0 Å². The summed E-state index contributed by atoms with van der Waals surface area (Å²) in [6.45, 7) is 2.54. The van der Waals surface area contributed by atoms with Gasteiger partial charge in [-0.05, 0) is 44.0 Å². The number of fused-ring (bicyclic) bond motifs is 2. The first-order chi connectivity index (χ1) is 4.95. The number of nitrogens with one attached hydrogen (secondary N) is 1. The molecule has 0 spiro atoms. The summed E-state index contributed by atoms with van der Waals surface area (Å²) in [4.78, 5) is 0. The fourth-order valence-corrected chi connectivity index (χ4v) is 3.42. The van der Waals surface area contributed by atoms with E-state index in [4.69, 9.17) is 0 Å². The lowest BCUT2D eigenvalue weighted by atomic mass is 10.0. The third-order valence-electron chi connectivity index (χ3n) is 2.48. The lowest BCUT2D eigenvalue weighted by Gasteiger charge is -2.15. The van der Waals surface area contributed by atoms with Crippen LogP contribution in [0.25, 0.3) is 0 Å². The zero-order valence-electron chi connectivity index (χ0n) is 6.31. The molecule has 2 aliphatic rings. The fraction of sp³-hybridized carbons (Fsp3) is 1.00. The van der Waals surface area contributed by atoms with Crippen LogP contribution in [0.1, 0.15) is 19.3 Å². The minimum absolute atomic E-state index is 0.996. The quantitative estimate of drug-likeness (QED) is 0.572. The topological polar surface area (TPSA) is 12.0 Å². The molecular weight excluding hydrogens is 142 g/mol. The fourth-order valence-electron chi connectivity index (χ4n) is 1.88. The molecule has 0 radical (unpaired) electrons. The Bertz CT molecular complexity index is 104. The molecule has 0 aromatic carbocycles. The Hall–Kier alpha value is 0.310. The van der Waals surface area contributed by atoms with Crippen LogP contribution in [0.4, 0.5) is 0 Å². The molecular formula is C8H15NS.